The topological polar surface area (TPSA) is 43.9 Å². The van der Waals surface area contributed by atoms with E-state index in [1.54, 1.807) is 6.08 Å². The second-order valence-electron chi connectivity index (χ2n) is 10.7. The Balaban J connectivity index is 1.66. The summed E-state index contributed by atoms with van der Waals surface area (Å²) in [7, 11) is 0. The third-order valence-corrected chi connectivity index (χ3v) is 8.03. The average Bonchev–Trinajstić information content (AvgIpc) is 2.88. The second kappa shape index (κ2) is 9.84. The zero-order valence-electron chi connectivity index (χ0n) is 22.6. The average molecular weight is 524 g/mol. The number of aryl methyl sites for hydroxylation is 1. The summed E-state index contributed by atoms with van der Waals surface area (Å²) in [6.07, 6.45) is 2.78. The van der Waals surface area contributed by atoms with Crippen molar-refractivity contribution in [2.45, 2.75) is 52.5 Å². The molecule has 1 saturated heterocycles. The van der Waals surface area contributed by atoms with Gasteiger partial charge in [0.15, 0.2) is 5.11 Å². The summed E-state index contributed by atoms with van der Waals surface area (Å²) in [5.41, 5.74) is 5.76. The van der Waals surface area contributed by atoms with Crippen LogP contribution in [0.4, 0.5) is 17.1 Å². The molecule has 0 N–H and O–H groups in total. The Hall–Kier alpha value is -3.77. The van der Waals surface area contributed by atoms with Gasteiger partial charge in [-0.25, -0.2) is 0 Å². The SMILES string of the molecule is CCN1c2cc(C)c(C=C3C(=O)N(c4ccccc4)C(=S)N(c4ccccc4)C3=O)cc2C(C)CC1(C)C. The van der Waals surface area contributed by atoms with Gasteiger partial charge in [0.05, 0.1) is 11.4 Å². The fourth-order valence-corrected chi connectivity index (χ4v) is 6.28. The molecule has 5 nitrogen and oxygen atoms in total. The molecule has 0 bridgehead atoms. The van der Waals surface area contributed by atoms with Crippen molar-refractivity contribution in [2.75, 3.05) is 21.2 Å². The Bertz CT molecular complexity index is 1380. The molecule has 2 aliphatic rings. The minimum Gasteiger partial charge on any atom is -0.366 e. The van der Waals surface area contributed by atoms with Crippen LogP contribution in [0, 0.1) is 6.92 Å². The van der Waals surface area contributed by atoms with Crippen molar-refractivity contribution in [1.82, 2.24) is 0 Å². The summed E-state index contributed by atoms with van der Waals surface area (Å²) in [6.45, 7) is 12.0. The van der Waals surface area contributed by atoms with E-state index >= 15 is 0 Å². The minimum absolute atomic E-state index is 0.0605. The second-order valence-corrected chi connectivity index (χ2v) is 11.1. The summed E-state index contributed by atoms with van der Waals surface area (Å²) in [4.78, 5) is 33.1. The van der Waals surface area contributed by atoms with Gasteiger partial charge in [0.2, 0.25) is 0 Å². The molecular formula is C32H33N3O2S. The van der Waals surface area contributed by atoms with Crippen LogP contribution in [0.15, 0.2) is 78.4 Å². The van der Waals surface area contributed by atoms with Crippen LogP contribution < -0.4 is 14.7 Å². The first-order valence-electron chi connectivity index (χ1n) is 13.1. The maximum Gasteiger partial charge on any atom is 0.270 e. The maximum absolute atomic E-state index is 13.9. The predicted molar refractivity (Wildman–Crippen MR) is 160 cm³/mol. The van der Waals surface area contributed by atoms with E-state index in [1.165, 1.54) is 21.1 Å². The molecule has 38 heavy (non-hydrogen) atoms. The van der Waals surface area contributed by atoms with Gasteiger partial charge in [-0.3, -0.25) is 19.4 Å². The molecule has 0 aromatic heterocycles. The maximum atomic E-state index is 13.9. The number of hydrogen-bond acceptors (Lipinski definition) is 4. The fraction of sp³-hybridized carbons (Fsp3) is 0.281. The number of benzene rings is 3. The van der Waals surface area contributed by atoms with Gasteiger partial charge in [-0.1, -0.05) is 43.3 Å². The third kappa shape index (κ3) is 4.33. The fourth-order valence-electron chi connectivity index (χ4n) is 5.90. The molecule has 2 amide bonds. The number of hydrogen-bond donors (Lipinski definition) is 0. The van der Waals surface area contributed by atoms with Gasteiger partial charge in [-0.15, -0.1) is 0 Å². The molecule has 3 aromatic carbocycles. The standard InChI is InChI=1S/C32H33N3O2S/c1-6-33-28-17-21(2)23(18-26(28)22(3)20-32(33,4)5)19-27-29(36)34(24-13-9-7-10-14-24)31(38)35(30(27)37)25-15-11-8-12-16-25/h7-19,22H,6,20H2,1-5H3. The van der Waals surface area contributed by atoms with E-state index in [2.05, 4.69) is 44.7 Å². The highest BCUT2D eigenvalue weighted by atomic mass is 32.1. The molecule has 1 atom stereocenters. The summed E-state index contributed by atoms with van der Waals surface area (Å²) in [5, 5.41) is 0.145. The van der Waals surface area contributed by atoms with Crippen molar-refractivity contribution in [1.29, 1.82) is 0 Å². The lowest BCUT2D eigenvalue weighted by molar-refractivity contribution is -0.120. The Morgan fingerprint density at radius 2 is 1.45 bits per heavy atom. The van der Waals surface area contributed by atoms with Gasteiger partial charge in [0, 0.05) is 17.8 Å². The highest BCUT2D eigenvalue weighted by Crippen LogP contribution is 2.44. The molecule has 2 heterocycles. The Labute approximate surface area is 230 Å². The molecule has 0 spiro atoms. The van der Waals surface area contributed by atoms with E-state index in [4.69, 9.17) is 12.2 Å². The van der Waals surface area contributed by atoms with Crippen LogP contribution in [0.2, 0.25) is 0 Å². The molecule has 3 aromatic rings. The molecule has 2 aliphatic heterocycles. The first kappa shape index (κ1) is 25.9. The zero-order chi connectivity index (χ0) is 27.2. The van der Waals surface area contributed by atoms with Crippen molar-refractivity contribution in [3.05, 3.63) is 95.1 Å². The van der Waals surface area contributed by atoms with Crippen molar-refractivity contribution in [2.24, 2.45) is 0 Å². The first-order valence-corrected chi connectivity index (χ1v) is 13.5. The van der Waals surface area contributed by atoms with Crippen molar-refractivity contribution in [3.63, 3.8) is 0 Å². The van der Waals surface area contributed by atoms with Crippen LogP contribution in [0.3, 0.4) is 0 Å². The van der Waals surface area contributed by atoms with Crippen LogP contribution in [0.25, 0.3) is 6.08 Å². The van der Waals surface area contributed by atoms with Gasteiger partial charge in [0.1, 0.15) is 5.57 Å². The van der Waals surface area contributed by atoms with Gasteiger partial charge in [0.25, 0.3) is 11.8 Å². The molecule has 0 aliphatic carbocycles. The van der Waals surface area contributed by atoms with E-state index in [0.29, 0.717) is 17.3 Å². The number of thiocarbonyl (C=S) groups is 1. The van der Waals surface area contributed by atoms with Gasteiger partial charge < -0.3 is 4.90 Å². The third-order valence-electron chi connectivity index (χ3n) is 7.67. The van der Waals surface area contributed by atoms with Crippen LogP contribution in [0.5, 0.6) is 0 Å². The summed E-state index contributed by atoms with van der Waals surface area (Å²) >= 11 is 5.73. The smallest absolute Gasteiger partial charge is 0.270 e. The Kier molecular flexibility index (Phi) is 6.70. The monoisotopic (exact) mass is 523 g/mol. The number of nitrogens with zero attached hydrogens (tertiary/aromatic N) is 3. The van der Waals surface area contributed by atoms with E-state index in [1.807, 2.05) is 67.6 Å². The molecular weight excluding hydrogens is 490 g/mol. The van der Waals surface area contributed by atoms with Crippen LogP contribution in [0.1, 0.15) is 56.7 Å². The van der Waals surface area contributed by atoms with Gasteiger partial charge in [-0.2, -0.15) is 0 Å². The first-order chi connectivity index (χ1) is 18.1. The largest absolute Gasteiger partial charge is 0.366 e. The number of amides is 2. The van der Waals surface area contributed by atoms with E-state index < -0.39 is 11.8 Å². The molecule has 194 valence electrons. The number of fused-ring (bicyclic) bond motifs is 1. The Morgan fingerprint density at radius 3 is 1.95 bits per heavy atom. The van der Waals surface area contributed by atoms with Crippen molar-refractivity contribution >= 4 is 52.3 Å². The van der Waals surface area contributed by atoms with Crippen LogP contribution in [-0.2, 0) is 9.59 Å². The van der Waals surface area contributed by atoms with E-state index in [9.17, 15) is 9.59 Å². The number of para-hydroxylation sites is 2. The highest BCUT2D eigenvalue weighted by Gasteiger charge is 2.41. The molecule has 5 rings (SSSR count). The predicted octanol–water partition coefficient (Wildman–Crippen LogP) is 6.86. The molecule has 0 saturated carbocycles. The number of anilines is 3. The number of carbonyl (C=O) groups excluding carboxylic acids is 2. The lowest BCUT2D eigenvalue weighted by Gasteiger charge is -2.47. The Morgan fingerprint density at radius 1 is 0.921 bits per heavy atom. The quantitative estimate of drug-likeness (QED) is 0.213. The molecule has 1 fully saturated rings. The summed E-state index contributed by atoms with van der Waals surface area (Å²) in [6, 6.07) is 22.9. The van der Waals surface area contributed by atoms with Gasteiger partial charge >= 0.3 is 0 Å². The van der Waals surface area contributed by atoms with E-state index in [0.717, 1.165) is 24.1 Å². The van der Waals surface area contributed by atoms with Crippen molar-refractivity contribution < 1.29 is 9.59 Å². The van der Waals surface area contributed by atoms with Crippen molar-refractivity contribution in [3.8, 4) is 0 Å². The highest BCUT2D eigenvalue weighted by molar-refractivity contribution is 7.81. The van der Waals surface area contributed by atoms with Crippen LogP contribution >= 0.6 is 12.2 Å². The molecule has 0 radical (unpaired) electrons. The van der Waals surface area contributed by atoms with Gasteiger partial charge in [-0.05, 0) is 111 Å². The number of carbonyl (C=O) groups is 2. The lowest BCUT2D eigenvalue weighted by Crippen LogP contribution is -2.56. The summed E-state index contributed by atoms with van der Waals surface area (Å²) < 4.78 is 0. The zero-order valence-corrected chi connectivity index (χ0v) is 23.4. The normalized spacial score (nSPS) is 19.1. The molecule has 1 unspecified atom stereocenters. The van der Waals surface area contributed by atoms with Crippen LogP contribution in [-0.4, -0.2) is 29.0 Å². The van der Waals surface area contributed by atoms with E-state index in [-0.39, 0.29) is 16.2 Å². The lowest BCUT2D eigenvalue weighted by atomic mass is 9.79. The number of rotatable bonds is 4. The summed E-state index contributed by atoms with van der Waals surface area (Å²) in [5.74, 6) is -0.479. The molecule has 6 heteroatoms. The minimum atomic E-state index is -0.417.